The average molecular weight is 150 g/mol. The van der Waals surface area contributed by atoms with E-state index in [1.807, 2.05) is 7.05 Å². The molecule has 0 bridgehead atoms. The molecule has 1 rings (SSSR count). The molecule has 0 N–H and O–H groups in total. The normalized spacial score (nSPS) is 9.27. The quantitative estimate of drug-likeness (QED) is 0.443. The summed E-state index contributed by atoms with van der Waals surface area (Å²) in [6.07, 6.45) is 8.82. The summed E-state index contributed by atoms with van der Waals surface area (Å²) >= 11 is 0. The summed E-state index contributed by atoms with van der Waals surface area (Å²) in [6, 6.07) is 0. The van der Waals surface area contributed by atoms with Crippen LogP contribution in [0.4, 0.5) is 0 Å². The predicted molar refractivity (Wildman–Crippen MR) is 46.3 cm³/mol. The minimum Gasteiger partial charge on any atom is -1.00 e. The Bertz CT molecular complexity index is 196. The first-order chi connectivity index (χ1) is 4.83. The maximum absolute atomic E-state index is 2.21. The van der Waals surface area contributed by atoms with E-state index in [1.165, 1.54) is 12.8 Å². The maximum atomic E-state index is 2.21. The van der Waals surface area contributed by atoms with Crippen LogP contribution in [0.15, 0.2) is 18.7 Å². The summed E-state index contributed by atoms with van der Waals surface area (Å²) in [5.74, 6) is 0. The van der Waals surface area contributed by atoms with Crippen LogP contribution in [0.3, 0.4) is 0 Å². The van der Waals surface area contributed by atoms with Gasteiger partial charge in [0.15, 0.2) is 0 Å². The zero-order valence-electron chi connectivity index (χ0n) is 7.33. The van der Waals surface area contributed by atoms with Gasteiger partial charge >= 0.3 is 0 Å². The molecule has 4 radical (unpaired) electrons. The van der Waals surface area contributed by atoms with Crippen LogP contribution >= 0.6 is 0 Å². The lowest BCUT2D eigenvalue weighted by Crippen LogP contribution is -2.23. The number of rotatable bonds is 3. The summed E-state index contributed by atoms with van der Waals surface area (Å²) in [6.45, 7) is 3.36. The van der Waals surface area contributed by atoms with E-state index in [2.05, 4.69) is 34.8 Å². The second kappa shape index (κ2) is 5.00. The lowest BCUT2D eigenvalue weighted by molar-refractivity contribution is -0.671. The van der Waals surface area contributed by atoms with Crippen molar-refractivity contribution in [1.82, 2.24) is 4.57 Å². The Morgan fingerprint density at radius 1 is 1.45 bits per heavy atom. The van der Waals surface area contributed by atoms with Crippen molar-refractivity contribution in [1.29, 1.82) is 0 Å². The molecule has 1 aromatic heterocycles. The molecule has 0 unspecified atom stereocenters. The summed E-state index contributed by atoms with van der Waals surface area (Å²) in [5, 5.41) is 0. The van der Waals surface area contributed by atoms with Crippen LogP contribution in [0.2, 0.25) is 0 Å². The van der Waals surface area contributed by atoms with Crippen LogP contribution in [0.25, 0.3) is 0 Å². The molecular formula is C8H15BN2. The second-order valence-electron chi connectivity index (χ2n) is 2.67. The Morgan fingerprint density at radius 3 is 2.64 bits per heavy atom. The van der Waals surface area contributed by atoms with E-state index in [-0.39, 0.29) is 8.41 Å². The Labute approximate surface area is 70.4 Å². The lowest BCUT2D eigenvalue weighted by Gasteiger charge is -1.90. The first-order valence-electron chi connectivity index (χ1n) is 3.84. The van der Waals surface area contributed by atoms with Crippen molar-refractivity contribution in [2.24, 2.45) is 7.05 Å². The Morgan fingerprint density at radius 2 is 2.18 bits per heavy atom. The van der Waals surface area contributed by atoms with Crippen LogP contribution in [0, 0.1) is 0 Å². The highest BCUT2D eigenvalue weighted by Crippen LogP contribution is 1.91. The highest BCUT2D eigenvalue weighted by atomic mass is 15.1. The van der Waals surface area contributed by atoms with Gasteiger partial charge in [-0.25, -0.2) is 9.13 Å². The van der Waals surface area contributed by atoms with Gasteiger partial charge in [-0.15, -0.1) is 0 Å². The highest BCUT2D eigenvalue weighted by Gasteiger charge is 1.96. The minimum atomic E-state index is 0. The molecule has 0 atom stereocenters. The number of aryl methyl sites for hydroxylation is 2. The molecular weight excluding hydrogens is 135 g/mol. The van der Waals surface area contributed by atoms with Crippen molar-refractivity contribution < 1.29 is 4.57 Å². The molecule has 0 aromatic carbocycles. The van der Waals surface area contributed by atoms with E-state index in [0.29, 0.717) is 0 Å². The molecule has 0 saturated carbocycles. The summed E-state index contributed by atoms with van der Waals surface area (Å²) in [4.78, 5) is 0. The van der Waals surface area contributed by atoms with Crippen molar-refractivity contribution in [2.45, 2.75) is 26.3 Å². The molecule has 0 aliphatic rings. The number of unbranched alkanes of at least 4 members (excludes halogenated alkanes) is 1. The van der Waals surface area contributed by atoms with Gasteiger partial charge < -0.3 is 8.41 Å². The van der Waals surface area contributed by atoms with Crippen molar-refractivity contribution in [3.8, 4) is 0 Å². The molecule has 0 amide bonds. The molecule has 0 aliphatic carbocycles. The maximum Gasteiger partial charge on any atom is 0.243 e. The minimum absolute atomic E-state index is 0. The van der Waals surface area contributed by atoms with E-state index in [9.17, 15) is 0 Å². The third-order valence-corrected chi connectivity index (χ3v) is 1.59. The zero-order chi connectivity index (χ0) is 7.40. The number of hydrogen-bond acceptors (Lipinski definition) is 0. The topological polar surface area (TPSA) is 8.81 Å². The smallest absolute Gasteiger partial charge is 0.243 e. The van der Waals surface area contributed by atoms with Gasteiger partial charge in [0.25, 0.3) is 0 Å². The summed E-state index contributed by atoms with van der Waals surface area (Å²) in [5.41, 5.74) is 0. The molecule has 1 aromatic rings. The van der Waals surface area contributed by atoms with Gasteiger partial charge in [0, 0.05) is 0 Å². The van der Waals surface area contributed by atoms with Crippen molar-refractivity contribution >= 4 is 8.41 Å². The lowest BCUT2D eigenvalue weighted by atomic mass is 10.3. The van der Waals surface area contributed by atoms with Gasteiger partial charge in [0.2, 0.25) is 6.33 Å². The van der Waals surface area contributed by atoms with Gasteiger partial charge in [-0.2, -0.15) is 0 Å². The van der Waals surface area contributed by atoms with E-state index in [1.54, 1.807) is 0 Å². The van der Waals surface area contributed by atoms with E-state index < -0.39 is 0 Å². The van der Waals surface area contributed by atoms with E-state index in [0.717, 1.165) is 6.54 Å². The third-order valence-electron chi connectivity index (χ3n) is 1.59. The average Bonchev–Trinajstić information content (AvgIpc) is 2.31. The van der Waals surface area contributed by atoms with Crippen LogP contribution in [0.5, 0.6) is 0 Å². The molecule has 0 saturated heterocycles. The Balaban J connectivity index is 0.000001000. The van der Waals surface area contributed by atoms with Crippen molar-refractivity contribution in [3.05, 3.63) is 18.7 Å². The first-order valence-corrected chi connectivity index (χ1v) is 3.84. The number of aromatic nitrogens is 2. The molecule has 0 fully saturated rings. The van der Waals surface area contributed by atoms with E-state index >= 15 is 0 Å². The number of nitrogens with zero attached hydrogens (tertiary/aromatic N) is 2. The second-order valence-corrected chi connectivity index (χ2v) is 2.67. The van der Waals surface area contributed by atoms with Crippen molar-refractivity contribution in [2.75, 3.05) is 0 Å². The SMILES string of the molecule is CCCCn1cc[n+](C)c1.[B-]. The fourth-order valence-electron chi connectivity index (χ4n) is 0.975. The van der Waals surface area contributed by atoms with Crippen LogP contribution in [-0.2, 0) is 13.6 Å². The van der Waals surface area contributed by atoms with E-state index in [4.69, 9.17) is 0 Å². The van der Waals surface area contributed by atoms with Crippen LogP contribution in [-0.4, -0.2) is 13.0 Å². The molecule has 1 heterocycles. The predicted octanol–water partition coefficient (Wildman–Crippen LogP) is 0.732. The van der Waals surface area contributed by atoms with Crippen LogP contribution in [0.1, 0.15) is 19.8 Å². The Hall–Kier alpha value is -0.725. The molecule has 11 heavy (non-hydrogen) atoms. The molecule has 60 valence electrons. The fraction of sp³-hybridized carbons (Fsp3) is 0.625. The Kier molecular flexibility index (Phi) is 4.67. The zero-order valence-corrected chi connectivity index (χ0v) is 7.33. The third kappa shape index (κ3) is 3.26. The largest absolute Gasteiger partial charge is 1.00 e. The number of hydrogen-bond donors (Lipinski definition) is 0. The summed E-state index contributed by atoms with van der Waals surface area (Å²) in [7, 11) is 2.04. The van der Waals surface area contributed by atoms with Gasteiger partial charge in [-0.3, -0.25) is 0 Å². The molecule has 0 spiro atoms. The van der Waals surface area contributed by atoms with Gasteiger partial charge in [0.05, 0.1) is 13.6 Å². The fourth-order valence-corrected chi connectivity index (χ4v) is 0.975. The van der Waals surface area contributed by atoms with Crippen LogP contribution < -0.4 is 4.57 Å². The van der Waals surface area contributed by atoms with Crippen molar-refractivity contribution in [3.63, 3.8) is 0 Å². The highest BCUT2D eigenvalue weighted by molar-refractivity contribution is 5.75. The molecule has 0 aliphatic heterocycles. The van der Waals surface area contributed by atoms with Gasteiger partial charge in [0.1, 0.15) is 12.4 Å². The molecule has 3 heteroatoms. The first kappa shape index (κ1) is 10.3. The van der Waals surface area contributed by atoms with Gasteiger partial charge in [-0.05, 0) is 6.42 Å². The molecule has 2 nitrogen and oxygen atoms in total. The standard InChI is InChI=1S/C8H15N2.B/c1-3-4-5-10-7-6-9(2)8-10;/h6-8H,3-5H2,1-2H3;/q+1;-1. The van der Waals surface area contributed by atoms with Gasteiger partial charge in [-0.1, -0.05) is 13.3 Å². The monoisotopic (exact) mass is 150 g/mol. The summed E-state index contributed by atoms with van der Waals surface area (Å²) < 4.78 is 4.28. The number of imidazole rings is 1.